The molecule has 0 saturated carbocycles. The number of unbranched alkanes of at least 4 members (excludes halogenated alkanes) is 1. The molecule has 2 rings (SSSR count). The third kappa shape index (κ3) is 7.75. The van der Waals surface area contributed by atoms with Crippen LogP contribution in [0.15, 0.2) is 48.5 Å². The van der Waals surface area contributed by atoms with Crippen LogP contribution in [0.3, 0.4) is 0 Å². The number of rotatable bonds is 11. The highest BCUT2D eigenvalue weighted by Crippen LogP contribution is 2.23. The Morgan fingerprint density at radius 3 is 2.30 bits per heavy atom. The Labute approximate surface area is 201 Å². The predicted molar refractivity (Wildman–Crippen MR) is 133 cm³/mol. The van der Waals surface area contributed by atoms with Crippen molar-refractivity contribution in [1.29, 1.82) is 0 Å². The molecule has 0 aliphatic rings. The summed E-state index contributed by atoms with van der Waals surface area (Å²) in [5, 5.41) is 3.41. The van der Waals surface area contributed by atoms with Gasteiger partial charge in [-0.3, -0.25) is 13.9 Å². The zero-order valence-electron chi connectivity index (χ0n) is 19.5. The van der Waals surface area contributed by atoms with Gasteiger partial charge in [-0.05, 0) is 49.6 Å². The molecular formula is C24H32ClN3O4S. The summed E-state index contributed by atoms with van der Waals surface area (Å²) in [6.45, 7) is 5.70. The average Bonchev–Trinajstić information content (AvgIpc) is 2.76. The van der Waals surface area contributed by atoms with Gasteiger partial charge in [-0.2, -0.15) is 0 Å². The summed E-state index contributed by atoms with van der Waals surface area (Å²) >= 11 is 5.98. The summed E-state index contributed by atoms with van der Waals surface area (Å²) in [4.78, 5) is 27.6. The number of benzene rings is 2. The molecule has 2 aromatic carbocycles. The minimum Gasteiger partial charge on any atom is -0.354 e. The van der Waals surface area contributed by atoms with E-state index in [4.69, 9.17) is 11.6 Å². The lowest BCUT2D eigenvalue weighted by Crippen LogP contribution is -2.51. The first-order chi connectivity index (χ1) is 15.5. The molecule has 0 bridgehead atoms. The SMILES string of the molecule is CCCCNC(=O)[C@H](C)N(Cc1ccc(Cl)cc1)C(=O)CN(c1ccccc1C)S(C)(=O)=O. The van der Waals surface area contributed by atoms with E-state index in [2.05, 4.69) is 5.32 Å². The number of halogens is 1. The van der Waals surface area contributed by atoms with E-state index in [9.17, 15) is 18.0 Å². The van der Waals surface area contributed by atoms with E-state index in [0.29, 0.717) is 17.3 Å². The Hall–Kier alpha value is -2.58. The quantitative estimate of drug-likeness (QED) is 0.483. The summed E-state index contributed by atoms with van der Waals surface area (Å²) < 4.78 is 26.2. The Balaban J connectivity index is 2.34. The molecule has 0 radical (unpaired) electrons. The van der Waals surface area contributed by atoms with Crippen LogP contribution in [0.25, 0.3) is 0 Å². The van der Waals surface area contributed by atoms with Gasteiger partial charge in [-0.25, -0.2) is 8.42 Å². The molecule has 1 atom stereocenters. The average molecular weight is 494 g/mol. The monoisotopic (exact) mass is 493 g/mol. The van der Waals surface area contributed by atoms with Crippen molar-refractivity contribution in [3.8, 4) is 0 Å². The second kappa shape index (κ2) is 12.0. The number of aryl methyl sites for hydroxylation is 1. The van der Waals surface area contributed by atoms with Gasteiger partial charge < -0.3 is 10.2 Å². The van der Waals surface area contributed by atoms with Gasteiger partial charge in [0, 0.05) is 18.1 Å². The van der Waals surface area contributed by atoms with Crippen molar-refractivity contribution in [2.24, 2.45) is 0 Å². The van der Waals surface area contributed by atoms with Crippen LogP contribution < -0.4 is 9.62 Å². The van der Waals surface area contributed by atoms with Gasteiger partial charge in [0.25, 0.3) is 0 Å². The minimum absolute atomic E-state index is 0.143. The Morgan fingerprint density at radius 2 is 1.73 bits per heavy atom. The smallest absolute Gasteiger partial charge is 0.244 e. The van der Waals surface area contributed by atoms with Crippen LogP contribution in [0.5, 0.6) is 0 Å². The molecule has 0 aliphatic heterocycles. The molecular weight excluding hydrogens is 462 g/mol. The highest BCUT2D eigenvalue weighted by Gasteiger charge is 2.30. The van der Waals surface area contributed by atoms with Gasteiger partial charge in [0.05, 0.1) is 11.9 Å². The van der Waals surface area contributed by atoms with Crippen LogP contribution in [0.2, 0.25) is 5.02 Å². The van der Waals surface area contributed by atoms with E-state index in [1.807, 2.05) is 6.92 Å². The number of nitrogens with one attached hydrogen (secondary N) is 1. The van der Waals surface area contributed by atoms with Gasteiger partial charge in [0.1, 0.15) is 12.6 Å². The fourth-order valence-electron chi connectivity index (χ4n) is 3.34. The van der Waals surface area contributed by atoms with Gasteiger partial charge in [0.15, 0.2) is 0 Å². The van der Waals surface area contributed by atoms with E-state index in [-0.39, 0.29) is 12.5 Å². The maximum Gasteiger partial charge on any atom is 0.244 e. The van der Waals surface area contributed by atoms with Crippen LogP contribution in [-0.2, 0) is 26.2 Å². The van der Waals surface area contributed by atoms with Crippen LogP contribution in [0.4, 0.5) is 5.69 Å². The van der Waals surface area contributed by atoms with Crippen LogP contribution in [0, 0.1) is 6.92 Å². The number of anilines is 1. The minimum atomic E-state index is -3.74. The van der Waals surface area contributed by atoms with Gasteiger partial charge >= 0.3 is 0 Å². The summed E-state index contributed by atoms with van der Waals surface area (Å²) in [7, 11) is -3.74. The number of hydrogen-bond donors (Lipinski definition) is 1. The van der Waals surface area contributed by atoms with E-state index >= 15 is 0 Å². The molecule has 2 aromatic rings. The molecule has 0 spiro atoms. The van der Waals surface area contributed by atoms with Crippen molar-refractivity contribution >= 4 is 39.1 Å². The molecule has 1 N–H and O–H groups in total. The number of carbonyl (C=O) groups excluding carboxylic acids is 2. The van der Waals surface area contributed by atoms with Crippen molar-refractivity contribution in [3.63, 3.8) is 0 Å². The van der Waals surface area contributed by atoms with Crippen molar-refractivity contribution < 1.29 is 18.0 Å². The Morgan fingerprint density at radius 1 is 1.09 bits per heavy atom. The lowest BCUT2D eigenvalue weighted by molar-refractivity contribution is -0.139. The number of carbonyl (C=O) groups is 2. The highest BCUT2D eigenvalue weighted by atomic mass is 35.5. The fraction of sp³-hybridized carbons (Fsp3) is 0.417. The number of nitrogens with zero attached hydrogens (tertiary/aromatic N) is 2. The molecule has 180 valence electrons. The predicted octanol–water partition coefficient (Wildman–Crippen LogP) is 3.75. The summed E-state index contributed by atoms with van der Waals surface area (Å²) in [6, 6.07) is 13.2. The number of hydrogen-bond acceptors (Lipinski definition) is 4. The van der Waals surface area contributed by atoms with E-state index in [1.165, 1.54) is 4.90 Å². The largest absolute Gasteiger partial charge is 0.354 e. The molecule has 33 heavy (non-hydrogen) atoms. The molecule has 2 amide bonds. The zero-order valence-corrected chi connectivity index (χ0v) is 21.1. The van der Waals surface area contributed by atoms with Gasteiger partial charge in [0.2, 0.25) is 21.8 Å². The lowest BCUT2D eigenvalue weighted by Gasteiger charge is -2.32. The molecule has 0 aromatic heterocycles. The first kappa shape index (κ1) is 26.7. The van der Waals surface area contributed by atoms with E-state index < -0.39 is 28.5 Å². The van der Waals surface area contributed by atoms with Gasteiger partial charge in [-0.1, -0.05) is 55.3 Å². The van der Waals surface area contributed by atoms with Gasteiger partial charge in [-0.15, -0.1) is 0 Å². The standard InChI is InChI=1S/C24H32ClN3O4S/c1-5-6-15-26-24(30)19(3)27(16-20-11-13-21(25)14-12-20)23(29)17-28(33(4,31)32)22-10-8-7-9-18(22)2/h7-14,19H,5-6,15-17H2,1-4H3,(H,26,30)/t19-/m0/s1. The molecule has 0 heterocycles. The molecule has 0 unspecified atom stereocenters. The van der Waals surface area contributed by atoms with Crippen molar-refractivity contribution in [1.82, 2.24) is 10.2 Å². The normalized spacial score (nSPS) is 12.2. The Bertz CT molecular complexity index is 1060. The van der Waals surface area contributed by atoms with Crippen LogP contribution >= 0.6 is 11.6 Å². The second-order valence-electron chi connectivity index (χ2n) is 8.02. The third-order valence-electron chi connectivity index (χ3n) is 5.33. The summed E-state index contributed by atoms with van der Waals surface area (Å²) in [5.41, 5.74) is 1.94. The van der Waals surface area contributed by atoms with E-state index in [1.54, 1.807) is 62.4 Å². The fourth-order valence-corrected chi connectivity index (χ4v) is 4.38. The number of sulfonamides is 1. The maximum atomic E-state index is 13.4. The third-order valence-corrected chi connectivity index (χ3v) is 6.70. The molecule has 0 fully saturated rings. The zero-order chi connectivity index (χ0) is 24.6. The summed E-state index contributed by atoms with van der Waals surface area (Å²) in [6.07, 6.45) is 2.83. The highest BCUT2D eigenvalue weighted by molar-refractivity contribution is 7.92. The Kier molecular flexibility index (Phi) is 9.73. The first-order valence-corrected chi connectivity index (χ1v) is 13.1. The molecule has 0 saturated heterocycles. The molecule has 9 heteroatoms. The topological polar surface area (TPSA) is 86.8 Å². The number of amides is 2. The summed E-state index contributed by atoms with van der Waals surface area (Å²) in [5.74, 6) is -0.760. The van der Waals surface area contributed by atoms with Crippen molar-refractivity contribution in [2.45, 2.75) is 46.2 Å². The number of para-hydroxylation sites is 1. The van der Waals surface area contributed by atoms with Crippen LogP contribution in [0.1, 0.15) is 37.8 Å². The van der Waals surface area contributed by atoms with Crippen molar-refractivity contribution in [3.05, 3.63) is 64.7 Å². The second-order valence-corrected chi connectivity index (χ2v) is 10.4. The molecule has 7 nitrogen and oxygen atoms in total. The maximum absolute atomic E-state index is 13.4. The first-order valence-electron chi connectivity index (χ1n) is 10.9. The van der Waals surface area contributed by atoms with E-state index in [0.717, 1.165) is 34.5 Å². The van der Waals surface area contributed by atoms with Crippen molar-refractivity contribution in [2.75, 3.05) is 23.7 Å². The molecule has 0 aliphatic carbocycles. The van der Waals surface area contributed by atoms with Crippen LogP contribution in [-0.4, -0.2) is 50.5 Å². The lowest BCUT2D eigenvalue weighted by atomic mass is 10.1.